The van der Waals surface area contributed by atoms with Crippen LogP contribution < -0.4 is 47.9 Å². The van der Waals surface area contributed by atoms with Gasteiger partial charge in [0.25, 0.3) is 5.91 Å². The van der Waals surface area contributed by atoms with Crippen LogP contribution in [0.2, 0.25) is 0 Å². The van der Waals surface area contributed by atoms with Crippen LogP contribution in [-0.2, 0) is 41.3 Å². The molecule has 408 valence electrons. The molecule has 10 N–H and O–H groups in total. The van der Waals surface area contributed by atoms with E-state index in [1.54, 1.807) is 36.4 Å². The summed E-state index contributed by atoms with van der Waals surface area (Å²) in [6.07, 6.45) is 10.6. The van der Waals surface area contributed by atoms with Crippen molar-refractivity contribution in [1.29, 1.82) is 0 Å². The maximum absolute atomic E-state index is 14.9. The Balaban J connectivity index is 1.18. The van der Waals surface area contributed by atoms with E-state index in [4.69, 9.17) is 36.0 Å². The van der Waals surface area contributed by atoms with Gasteiger partial charge in [0.15, 0.2) is 0 Å². The third-order valence-corrected chi connectivity index (χ3v) is 16.3. The number of aryl methyl sites for hydroxylation is 1. The van der Waals surface area contributed by atoms with Gasteiger partial charge in [0.1, 0.15) is 48.9 Å². The van der Waals surface area contributed by atoms with Crippen LogP contribution in [0, 0.1) is 17.3 Å². The Morgan fingerprint density at radius 2 is 1.49 bits per heavy atom. The molecule has 6 bridgehead atoms. The molecule has 75 heavy (non-hydrogen) atoms. The van der Waals surface area contributed by atoms with Crippen LogP contribution in [-0.4, -0.2) is 117 Å². The Morgan fingerprint density at radius 1 is 0.827 bits per heavy atom. The molecule has 4 fully saturated rings. The van der Waals surface area contributed by atoms with E-state index in [0.29, 0.717) is 57.6 Å². The van der Waals surface area contributed by atoms with Crippen molar-refractivity contribution in [3.8, 4) is 22.6 Å². The number of hydrogen-bond donors (Lipinski definition) is 7. The molecule has 2 aliphatic heterocycles. The van der Waals surface area contributed by atoms with Crippen LogP contribution in [0.5, 0.6) is 11.5 Å². The fourth-order valence-electron chi connectivity index (χ4n) is 11.7. The third-order valence-electron chi connectivity index (χ3n) is 16.3. The highest BCUT2D eigenvalue weighted by Crippen LogP contribution is 2.65. The summed E-state index contributed by atoms with van der Waals surface area (Å²) < 4.78 is 25.7. The van der Waals surface area contributed by atoms with Crippen LogP contribution in [0.4, 0.5) is 0 Å². The molecule has 5 aliphatic rings. The number of nitrogens with zero attached hydrogens (tertiary/aromatic N) is 1. The number of nitrogens with one attached hydrogen (secondary N) is 4. The van der Waals surface area contributed by atoms with E-state index in [1.807, 2.05) is 31.2 Å². The van der Waals surface area contributed by atoms with Crippen LogP contribution in [0.15, 0.2) is 60.7 Å². The molecule has 3 aliphatic carbocycles. The SMILES string of the molecule is CCCCCCCCc1ccc(C(=O)N[C@@H](CCCN)C(=O)N(C)[C@@H]2C(=O)N[C@@H](C)C(=O)N[C@H](C(=O)N[C@@H](C)B3O[C@@H]4C[C@@H]5C[C@@H](C5(C)C)[C@]4(C)O3)Cc3ccc(OCCN)c(c3)-c3cc2ccc3OCCN)cc1. The van der Waals surface area contributed by atoms with Gasteiger partial charge in [0.05, 0.1) is 17.6 Å². The molecule has 0 unspecified atom stereocenters. The number of benzene rings is 3. The second-order valence-corrected chi connectivity index (χ2v) is 22.0. The lowest BCUT2D eigenvalue weighted by Crippen LogP contribution is -2.65. The Bertz CT molecular complexity index is 2480. The molecule has 8 rings (SSSR count). The average Bonchev–Trinajstić information content (AvgIpc) is 3.77. The summed E-state index contributed by atoms with van der Waals surface area (Å²) in [7, 11) is 0.786. The van der Waals surface area contributed by atoms with E-state index < -0.39 is 72.4 Å². The quantitative estimate of drug-likeness (QED) is 0.0473. The summed E-state index contributed by atoms with van der Waals surface area (Å²) in [6.45, 7) is 13.3. The number of hydrogen-bond acceptors (Lipinski definition) is 12. The lowest BCUT2D eigenvalue weighted by Gasteiger charge is -2.64. The predicted molar refractivity (Wildman–Crippen MR) is 291 cm³/mol. The van der Waals surface area contributed by atoms with Gasteiger partial charge in [-0.15, -0.1) is 0 Å². The summed E-state index contributed by atoms with van der Waals surface area (Å²) in [5.41, 5.74) is 21.1. The van der Waals surface area contributed by atoms with Crippen molar-refractivity contribution in [3.05, 3.63) is 82.9 Å². The highest BCUT2D eigenvalue weighted by Gasteiger charge is 2.68. The second kappa shape index (κ2) is 25.5. The minimum atomic E-state index is -1.35. The van der Waals surface area contributed by atoms with Gasteiger partial charge < -0.3 is 62.2 Å². The van der Waals surface area contributed by atoms with E-state index in [-0.39, 0.29) is 57.2 Å². The minimum Gasteiger partial charge on any atom is -0.492 e. The van der Waals surface area contributed by atoms with E-state index in [0.717, 1.165) is 37.7 Å². The molecular weight excluding hydrogens is 951 g/mol. The van der Waals surface area contributed by atoms with E-state index in [9.17, 15) is 24.0 Å². The van der Waals surface area contributed by atoms with Crippen molar-refractivity contribution in [2.45, 2.75) is 160 Å². The van der Waals surface area contributed by atoms with Crippen molar-refractivity contribution >= 4 is 36.7 Å². The van der Waals surface area contributed by atoms with E-state index >= 15 is 0 Å². The highest BCUT2D eigenvalue weighted by molar-refractivity contribution is 6.47. The summed E-state index contributed by atoms with van der Waals surface area (Å²) >= 11 is 0. The van der Waals surface area contributed by atoms with Crippen molar-refractivity contribution in [2.75, 3.05) is 39.9 Å². The molecule has 9 atom stereocenters. The maximum Gasteiger partial charge on any atom is 0.481 e. The van der Waals surface area contributed by atoms with Gasteiger partial charge in [-0.05, 0) is 136 Å². The topological polar surface area (TPSA) is 252 Å². The summed E-state index contributed by atoms with van der Waals surface area (Å²) in [4.78, 5) is 73.8. The van der Waals surface area contributed by atoms with Crippen LogP contribution in [0.1, 0.15) is 139 Å². The normalized spacial score (nSPS) is 24.5. The Hall–Kier alpha value is -5.53. The molecule has 2 heterocycles. The molecule has 5 amide bonds. The van der Waals surface area contributed by atoms with Crippen molar-refractivity contribution in [1.82, 2.24) is 26.2 Å². The first-order chi connectivity index (χ1) is 35.9. The summed E-state index contributed by atoms with van der Waals surface area (Å²) in [6, 6.07) is 13.3. The summed E-state index contributed by atoms with van der Waals surface area (Å²) in [5.74, 6) is -1.63. The number of carbonyl (C=O) groups is 5. The first-order valence-corrected chi connectivity index (χ1v) is 27.5. The average molecular weight is 1040 g/mol. The summed E-state index contributed by atoms with van der Waals surface area (Å²) in [5, 5.41) is 11.8. The molecule has 3 saturated carbocycles. The maximum atomic E-state index is 14.9. The smallest absolute Gasteiger partial charge is 0.481 e. The monoisotopic (exact) mass is 1030 g/mol. The largest absolute Gasteiger partial charge is 0.492 e. The number of rotatable bonds is 23. The molecule has 3 aromatic rings. The second-order valence-electron chi connectivity index (χ2n) is 22.0. The molecule has 0 aromatic heterocycles. The highest BCUT2D eigenvalue weighted by atomic mass is 16.7. The zero-order valence-corrected chi connectivity index (χ0v) is 45.3. The number of ether oxygens (including phenoxy) is 2. The molecule has 3 aromatic carbocycles. The minimum absolute atomic E-state index is 0.0532. The van der Waals surface area contributed by atoms with Crippen LogP contribution in [0.3, 0.4) is 0 Å². The first kappa shape index (κ1) is 57.2. The molecular formula is C57H83BN8O9. The number of likely N-dealkylation sites (N-methyl/N-ethyl adjacent to an activating group) is 1. The van der Waals surface area contributed by atoms with Crippen molar-refractivity contribution in [2.24, 2.45) is 34.5 Å². The third kappa shape index (κ3) is 13.2. The van der Waals surface area contributed by atoms with Gasteiger partial charge in [0.2, 0.25) is 23.6 Å². The van der Waals surface area contributed by atoms with Crippen molar-refractivity contribution in [3.63, 3.8) is 0 Å². The number of unbranched alkanes of at least 4 members (excludes halogenated alkanes) is 5. The van der Waals surface area contributed by atoms with Gasteiger partial charge in [-0.2, -0.15) is 0 Å². The van der Waals surface area contributed by atoms with Gasteiger partial charge in [-0.1, -0.05) is 77.1 Å². The number of nitrogens with two attached hydrogens (primary N) is 3. The molecule has 17 nitrogen and oxygen atoms in total. The van der Waals surface area contributed by atoms with Crippen LogP contribution in [0.25, 0.3) is 11.1 Å². The fourth-order valence-corrected chi connectivity index (χ4v) is 11.7. The fraction of sp³-hybridized carbons (Fsp3) is 0.596. The zero-order chi connectivity index (χ0) is 54.0. The van der Waals surface area contributed by atoms with Gasteiger partial charge in [-0.3, -0.25) is 24.0 Å². The lowest BCUT2D eigenvalue weighted by atomic mass is 9.43. The van der Waals surface area contributed by atoms with Crippen LogP contribution >= 0.6 is 0 Å². The molecule has 0 spiro atoms. The molecule has 18 heteroatoms. The Morgan fingerprint density at radius 3 is 2.16 bits per heavy atom. The van der Waals surface area contributed by atoms with Gasteiger partial charge in [0, 0.05) is 43.2 Å². The predicted octanol–water partition coefficient (Wildman–Crippen LogP) is 5.29. The Kier molecular flexibility index (Phi) is 19.5. The first-order valence-electron chi connectivity index (χ1n) is 27.5. The number of amides is 5. The lowest BCUT2D eigenvalue weighted by molar-refractivity contribution is -0.199. The van der Waals surface area contributed by atoms with Crippen molar-refractivity contribution < 1.29 is 42.8 Å². The standard InChI is InChI=1S/C57H83BN8O9/c1-8-9-10-11-12-13-15-37-17-20-39(21-18-37)52(68)64-44(16-14-25-59)55(71)66(7)50-40-22-24-47(73-29-27-61)43(32-40)42-30-38(19-23-46(42)72-28-26-60)31-45(65-51(67)35(2)62-54(50)70)53(69)63-36(3)58-74-49-34-41-33-48(56(41,4)5)57(49,6)75-58/h17-24,30,32,35-36,41,44-45,48-50H,8-16,25-29,31,33-34,59-61H2,1-7H3,(H,62,70)(H,63,69)(H,64,68)(H,65,67)/t35-,36-,41-,44-,45-,48-,49+,50-,57-/m0/s1. The Labute approximate surface area is 444 Å². The van der Waals surface area contributed by atoms with E-state index in [2.05, 4.69) is 49.0 Å². The number of fused-ring (bicyclic) bond motifs is 5. The van der Waals surface area contributed by atoms with Gasteiger partial charge >= 0.3 is 7.12 Å². The number of carbonyl (C=O) groups excluding carboxylic acids is 5. The van der Waals surface area contributed by atoms with E-state index in [1.165, 1.54) is 44.6 Å². The zero-order valence-electron chi connectivity index (χ0n) is 45.3. The van der Waals surface area contributed by atoms with Gasteiger partial charge in [-0.25, -0.2) is 0 Å². The molecule has 0 radical (unpaired) electrons. The molecule has 1 saturated heterocycles.